The van der Waals surface area contributed by atoms with Gasteiger partial charge in [-0.15, -0.1) is 12.4 Å². The average Bonchev–Trinajstić information content (AvgIpc) is 2.96. The Hall–Kier alpha value is -2.18. The van der Waals surface area contributed by atoms with Crippen LogP contribution in [-0.2, 0) is 17.8 Å². The average molecular weight is 408 g/mol. The standard InChI is InChI=1S/C21H26FN3O2.ClH/c1-27-20-8-7-16(13-19(20)22)14-21(26)25(15-17-5-2-3-11-24-17)18-6-4-10-23-12-9-18;/h2-3,5,7-8,11,13,18,23H,4,6,9-10,12,14-15H2,1H3;1H. The second-order valence-corrected chi connectivity index (χ2v) is 6.82. The summed E-state index contributed by atoms with van der Waals surface area (Å²) in [5.41, 5.74) is 1.51. The monoisotopic (exact) mass is 407 g/mol. The highest BCUT2D eigenvalue weighted by Crippen LogP contribution is 2.21. The molecule has 2 aromatic rings. The lowest BCUT2D eigenvalue weighted by Gasteiger charge is -2.31. The van der Waals surface area contributed by atoms with Crippen molar-refractivity contribution in [3.05, 3.63) is 59.7 Å². The van der Waals surface area contributed by atoms with Crippen molar-refractivity contribution >= 4 is 18.3 Å². The quantitative estimate of drug-likeness (QED) is 0.797. The van der Waals surface area contributed by atoms with Crippen LogP contribution in [0.5, 0.6) is 5.75 Å². The number of ether oxygens (including phenoxy) is 1. The van der Waals surface area contributed by atoms with Crippen molar-refractivity contribution in [3.63, 3.8) is 0 Å². The van der Waals surface area contributed by atoms with Crippen molar-refractivity contribution in [1.82, 2.24) is 15.2 Å². The maximum Gasteiger partial charge on any atom is 0.227 e. The largest absolute Gasteiger partial charge is 0.494 e. The third-order valence-corrected chi connectivity index (χ3v) is 4.94. The zero-order valence-corrected chi connectivity index (χ0v) is 16.9. The van der Waals surface area contributed by atoms with Crippen LogP contribution in [0.3, 0.4) is 0 Å². The number of aromatic nitrogens is 1. The molecule has 5 nitrogen and oxygen atoms in total. The van der Waals surface area contributed by atoms with Gasteiger partial charge in [0, 0.05) is 12.2 Å². The summed E-state index contributed by atoms with van der Waals surface area (Å²) in [4.78, 5) is 19.4. The van der Waals surface area contributed by atoms with E-state index in [4.69, 9.17) is 4.74 Å². The first-order chi connectivity index (χ1) is 13.2. The molecule has 1 amide bonds. The maximum absolute atomic E-state index is 14.0. The Morgan fingerprint density at radius 2 is 2.14 bits per heavy atom. The fourth-order valence-corrected chi connectivity index (χ4v) is 3.50. The maximum atomic E-state index is 14.0. The lowest BCUT2D eigenvalue weighted by Crippen LogP contribution is -2.41. The Morgan fingerprint density at radius 3 is 2.86 bits per heavy atom. The Morgan fingerprint density at radius 1 is 1.29 bits per heavy atom. The predicted octanol–water partition coefficient (Wildman–Crippen LogP) is 3.36. The minimum atomic E-state index is -0.447. The summed E-state index contributed by atoms with van der Waals surface area (Å²) in [6, 6.07) is 10.6. The summed E-state index contributed by atoms with van der Waals surface area (Å²) in [7, 11) is 1.43. The zero-order valence-electron chi connectivity index (χ0n) is 16.1. The van der Waals surface area contributed by atoms with Gasteiger partial charge >= 0.3 is 0 Å². The number of nitrogens with zero attached hydrogens (tertiary/aromatic N) is 2. The van der Waals surface area contributed by atoms with E-state index in [0.29, 0.717) is 12.1 Å². The number of amides is 1. The van der Waals surface area contributed by atoms with Gasteiger partial charge in [-0.25, -0.2) is 4.39 Å². The zero-order chi connectivity index (χ0) is 19.1. The van der Waals surface area contributed by atoms with Gasteiger partial charge in [0.15, 0.2) is 11.6 Å². The molecule has 2 heterocycles. The van der Waals surface area contributed by atoms with Crippen molar-refractivity contribution in [2.75, 3.05) is 20.2 Å². The number of carbonyl (C=O) groups is 1. The molecule has 3 rings (SSSR count). The number of pyridine rings is 1. The number of halogens is 2. The fraction of sp³-hybridized carbons (Fsp3) is 0.429. The first kappa shape index (κ1) is 22.1. The second kappa shape index (κ2) is 11.0. The van der Waals surface area contributed by atoms with Gasteiger partial charge < -0.3 is 15.0 Å². The number of carbonyl (C=O) groups excluding carboxylic acids is 1. The van der Waals surface area contributed by atoms with Crippen LogP contribution < -0.4 is 10.1 Å². The number of benzene rings is 1. The molecule has 28 heavy (non-hydrogen) atoms. The van der Waals surface area contributed by atoms with E-state index in [1.165, 1.54) is 13.2 Å². The lowest BCUT2D eigenvalue weighted by atomic mass is 10.0. The highest BCUT2D eigenvalue weighted by atomic mass is 35.5. The van der Waals surface area contributed by atoms with Crippen LogP contribution in [0.1, 0.15) is 30.5 Å². The molecular formula is C21H27ClFN3O2. The van der Waals surface area contributed by atoms with E-state index in [9.17, 15) is 9.18 Å². The molecule has 0 bridgehead atoms. The third-order valence-electron chi connectivity index (χ3n) is 4.94. The SMILES string of the molecule is COc1ccc(CC(=O)N(Cc2ccccn2)C2CCCNCC2)cc1F.Cl. The Bertz CT molecular complexity index is 753. The molecule has 0 spiro atoms. The Labute approximate surface area is 171 Å². The van der Waals surface area contributed by atoms with E-state index in [2.05, 4.69) is 10.3 Å². The van der Waals surface area contributed by atoms with Gasteiger partial charge in [-0.1, -0.05) is 12.1 Å². The molecule has 0 radical (unpaired) electrons. The number of hydrogen-bond donors (Lipinski definition) is 1. The normalized spacial score (nSPS) is 16.6. The van der Waals surface area contributed by atoms with E-state index in [1.54, 1.807) is 18.3 Å². The van der Waals surface area contributed by atoms with Crippen LogP contribution in [0.25, 0.3) is 0 Å². The van der Waals surface area contributed by atoms with Crippen molar-refractivity contribution in [1.29, 1.82) is 0 Å². The number of hydrogen-bond acceptors (Lipinski definition) is 4. The first-order valence-corrected chi connectivity index (χ1v) is 9.40. The van der Waals surface area contributed by atoms with E-state index in [0.717, 1.165) is 38.0 Å². The third kappa shape index (κ3) is 5.91. The van der Waals surface area contributed by atoms with Gasteiger partial charge in [-0.3, -0.25) is 9.78 Å². The summed E-state index contributed by atoms with van der Waals surface area (Å²) in [6.07, 6.45) is 4.81. The van der Waals surface area contributed by atoms with E-state index >= 15 is 0 Å². The van der Waals surface area contributed by atoms with Crippen molar-refractivity contribution in [3.8, 4) is 5.75 Å². The van der Waals surface area contributed by atoms with Crippen LogP contribution >= 0.6 is 12.4 Å². The van der Waals surface area contributed by atoms with Gasteiger partial charge in [0.1, 0.15) is 0 Å². The highest BCUT2D eigenvalue weighted by molar-refractivity contribution is 5.85. The first-order valence-electron chi connectivity index (χ1n) is 9.40. The number of nitrogens with one attached hydrogen (secondary N) is 1. The van der Waals surface area contributed by atoms with Crippen LogP contribution in [-0.4, -0.2) is 42.0 Å². The number of rotatable bonds is 6. The summed E-state index contributed by atoms with van der Waals surface area (Å²) in [5, 5.41) is 3.39. The minimum absolute atomic E-state index is 0. The molecular weight excluding hydrogens is 381 g/mol. The molecule has 1 saturated heterocycles. The van der Waals surface area contributed by atoms with Crippen molar-refractivity contribution < 1.29 is 13.9 Å². The van der Waals surface area contributed by atoms with E-state index < -0.39 is 5.82 Å². The molecule has 1 atom stereocenters. The topological polar surface area (TPSA) is 54.5 Å². The van der Waals surface area contributed by atoms with Gasteiger partial charge in [0.2, 0.25) is 5.91 Å². The van der Waals surface area contributed by atoms with Gasteiger partial charge in [0.25, 0.3) is 0 Å². The molecule has 1 aliphatic heterocycles. The molecule has 0 aliphatic carbocycles. The lowest BCUT2D eigenvalue weighted by molar-refractivity contribution is -0.133. The van der Waals surface area contributed by atoms with Crippen LogP contribution in [0, 0.1) is 5.82 Å². The van der Waals surface area contributed by atoms with Gasteiger partial charge in [-0.2, -0.15) is 0 Å². The van der Waals surface area contributed by atoms with E-state index in [1.807, 2.05) is 23.1 Å². The predicted molar refractivity (Wildman–Crippen MR) is 109 cm³/mol. The fourth-order valence-electron chi connectivity index (χ4n) is 3.50. The molecule has 1 fully saturated rings. The molecule has 1 unspecified atom stereocenters. The number of methoxy groups -OCH3 is 1. The Kier molecular flexibility index (Phi) is 8.67. The molecule has 7 heteroatoms. The molecule has 1 N–H and O–H groups in total. The summed E-state index contributed by atoms with van der Waals surface area (Å²) in [5.74, 6) is -0.263. The van der Waals surface area contributed by atoms with Crippen molar-refractivity contribution in [2.24, 2.45) is 0 Å². The summed E-state index contributed by atoms with van der Waals surface area (Å²) < 4.78 is 18.9. The van der Waals surface area contributed by atoms with Gasteiger partial charge in [0.05, 0.1) is 25.8 Å². The van der Waals surface area contributed by atoms with Gasteiger partial charge in [-0.05, 0) is 62.2 Å². The molecule has 1 aromatic carbocycles. The highest BCUT2D eigenvalue weighted by Gasteiger charge is 2.25. The Balaban J connectivity index is 0.00000280. The molecule has 0 saturated carbocycles. The van der Waals surface area contributed by atoms with Crippen LogP contribution in [0.2, 0.25) is 0 Å². The minimum Gasteiger partial charge on any atom is -0.494 e. The second-order valence-electron chi connectivity index (χ2n) is 6.82. The van der Waals surface area contributed by atoms with E-state index in [-0.39, 0.29) is 36.5 Å². The van der Waals surface area contributed by atoms with Crippen LogP contribution in [0.15, 0.2) is 42.6 Å². The molecule has 1 aliphatic rings. The summed E-state index contributed by atoms with van der Waals surface area (Å²) >= 11 is 0. The summed E-state index contributed by atoms with van der Waals surface area (Å²) in [6.45, 7) is 2.35. The molecule has 152 valence electrons. The smallest absolute Gasteiger partial charge is 0.227 e. The van der Waals surface area contributed by atoms with Crippen molar-refractivity contribution in [2.45, 2.75) is 38.3 Å². The van der Waals surface area contributed by atoms with Crippen LogP contribution in [0.4, 0.5) is 4.39 Å². The molecule has 1 aromatic heterocycles.